The van der Waals surface area contributed by atoms with Crippen LogP contribution in [0.3, 0.4) is 0 Å². The fourth-order valence-electron chi connectivity index (χ4n) is 3.98. The number of nitrogens with zero attached hydrogens (tertiary/aromatic N) is 1. The van der Waals surface area contributed by atoms with Crippen molar-refractivity contribution in [1.82, 2.24) is 4.90 Å². The standard InChI is InChI=1S/C23H26BrNO2/c24-19-8-4-17(5-9-19)21-16-22(21)23(26)18-6-10-20(11-7-18)27-15-3-14-25-12-1-2-13-25/h4-11,21-22H,1-3,12-16H2. The van der Waals surface area contributed by atoms with E-state index >= 15 is 0 Å². The first kappa shape index (κ1) is 18.7. The highest BCUT2D eigenvalue weighted by atomic mass is 79.9. The third-order valence-electron chi connectivity index (χ3n) is 5.65. The van der Waals surface area contributed by atoms with E-state index < -0.39 is 0 Å². The van der Waals surface area contributed by atoms with E-state index in [9.17, 15) is 4.79 Å². The van der Waals surface area contributed by atoms with Crippen LogP contribution in [0.4, 0.5) is 0 Å². The molecule has 2 unspecified atom stereocenters. The highest BCUT2D eigenvalue weighted by Gasteiger charge is 2.43. The Morgan fingerprint density at radius 2 is 1.74 bits per heavy atom. The molecule has 1 aliphatic carbocycles. The molecule has 0 radical (unpaired) electrons. The van der Waals surface area contributed by atoms with Gasteiger partial charge in [-0.15, -0.1) is 0 Å². The molecule has 0 aromatic heterocycles. The minimum absolute atomic E-state index is 0.124. The first-order chi connectivity index (χ1) is 13.2. The van der Waals surface area contributed by atoms with Crippen molar-refractivity contribution in [3.05, 3.63) is 64.1 Å². The van der Waals surface area contributed by atoms with E-state index in [2.05, 4.69) is 33.0 Å². The number of Topliss-reactive ketones (excluding diaryl/α,β-unsaturated/α-hetero) is 1. The molecule has 0 spiro atoms. The SMILES string of the molecule is O=C(c1ccc(OCCCN2CCCC2)cc1)C1CC1c1ccc(Br)cc1. The average Bonchev–Trinajstić information content (AvgIpc) is 3.32. The smallest absolute Gasteiger partial charge is 0.166 e. The van der Waals surface area contributed by atoms with Gasteiger partial charge in [0.1, 0.15) is 5.75 Å². The Morgan fingerprint density at radius 1 is 1.04 bits per heavy atom. The van der Waals surface area contributed by atoms with Gasteiger partial charge in [-0.1, -0.05) is 28.1 Å². The number of carbonyl (C=O) groups is 1. The maximum Gasteiger partial charge on any atom is 0.166 e. The second-order valence-corrected chi connectivity index (χ2v) is 8.56. The zero-order valence-electron chi connectivity index (χ0n) is 15.6. The van der Waals surface area contributed by atoms with E-state index in [1.807, 2.05) is 36.4 Å². The summed E-state index contributed by atoms with van der Waals surface area (Å²) in [6.45, 7) is 4.33. The van der Waals surface area contributed by atoms with Crippen molar-refractivity contribution in [3.8, 4) is 5.75 Å². The fraction of sp³-hybridized carbons (Fsp3) is 0.435. The van der Waals surface area contributed by atoms with Gasteiger partial charge in [-0.3, -0.25) is 4.79 Å². The molecule has 0 N–H and O–H groups in total. The zero-order valence-corrected chi connectivity index (χ0v) is 17.2. The molecule has 0 bridgehead atoms. The number of hydrogen-bond acceptors (Lipinski definition) is 3. The van der Waals surface area contributed by atoms with E-state index in [4.69, 9.17) is 4.74 Å². The van der Waals surface area contributed by atoms with Gasteiger partial charge in [-0.25, -0.2) is 0 Å². The highest BCUT2D eigenvalue weighted by Crippen LogP contribution is 2.49. The van der Waals surface area contributed by atoms with Crippen LogP contribution in [0, 0.1) is 5.92 Å². The third kappa shape index (κ3) is 4.80. The largest absolute Gasteiger partial charge is 0.494 e. The van der Waals surface area contributed by atoms with Crippen molar-refractivity contribution in [2.75, 3.05) is 26.2 Å². The van der Waals surface area contributed by atoms with Crippen LogP contribution >= 0.6 is 15.9 Å². The number of ketones is 1. The third-order valence-corrected chi connectivity index (χ3v) is 6.18. The molecule has 1 saturated heterocycles. The van der Waals surface area contributed by atoms with Gasteiger partial charge >= 0.3 is 0 Å². The molecule has 0 amide bonds. The van der Waals surface area contributed by atoms with Crippen molar-refractivity contribution in [2.45, 2.75) is 31.6 Å². The lowest BCUT2D eigenvalue weighted by atomic mass is 10.0. The van der Waals surface area contributed by atoms with Crippen LogP contribution in [0.2, 0.25) is 0 Å². The number of hydrogen-bond donors (Lipinski definition) is 0. The molecule has 142 valence electrons. The van der Waals surface area contributed by atoms with Crippen molar-refractivity contribution in [2.24, 2.45) is 5.92 Å². The number of likely N-dealkylation sites (tertiary alicyclic amines) is 1. The quantitative estimate of drug-likeness (QED) is 0.422. The van der Waals surface area contributed by atoms with Gasteiger partial charge in [0, 0.05) is 22.5 Å². The summed E-state index contributed by atoms with van der Waals surface area (Å²) in [5.41, 5.74) is 2.05. The molecule has 3 nitrogen and oxygen atoms in total. The first-order valence-corrected chi connectivity index (χ1v) is 10.7. The van der Waals surface area contributed by atoms with Gasteiger partial charge in [-0.05, 0) is 86.7 Å². The van der Waals surface area contributed by atoms with Crippen LogP contribution in [0.1, 0.15) is 47.5 Å². The fourth-order valence-corrected chi connectivity index (χ4v) is 4.24. The molecule has 2 aromatic carbocycles. The Kier molecular flexibility index (Phi) is 5.94. The Balaban J connectivity index is 1.25. The van der Waals surface area contributed by atoms with Crippen LogP contribution in [-0.4, -0.2) is 36.9 Å². The Bertz CT molecular complexity index is 766. The predicted molar refractivity (Wildman–Crippen MR) is 112 cm³/mol. The second-order valence-electron chi connectivity index (χ2n) is 7.64. The van der Waals surface area contributed by atoms with Crippen LogP contribution in [0.25, 0.3) is 0 Å². The molecule has 1 saturated carbocycles. The summed E-state index contributed by atoms with van der Waals surface area (Å²) in [7, 11) is 0. The van der Waals surface area contributed by atoms with Gasteiger partial charge in [-0.2, -0.15) is 0 Å². The van der Waals surface area contributed by atoms with Gasteiger partial charge < -0.3 is 9.64 Å². The lowest BCUT2D eigenvalue weighted by molar-refractivity contribution is 0.0965. The monoisotopic (exact) mass is 427 g/mol. The first-order valence-electron chi connectivity index (χ1n) is 9.95. The van der Waals surface area contributed by atoms with Gasteiger partial charge in [0.2, 0.25) is 0 Å². The van der Waals surface area contributed by atoms with Gasteiger partial charge in [0.05, 0.1) is 6.61 Å². The summed E-state index contributed by atoms with van der Waals surface area (Å²) in [4.78, 5) is 15.2. The summed E-state index contributed by atoms with van der Waals surface area (Å²) in [6.07, 6.45) is 4.67. The predicted octanol–water partition coefficient (Wildman–Crippen LogP) is 5.30. The van der Waals surface area contributed by atoms with E-state index in [1.54, 1.807) is 0 Å². The maximum absolute atomic E-state index is 12.7. The second kappa shape index (κ2) is 8.57. The molecule has 1 aliphatic heterocycles. The average molecular weight is 428 g/mol. The maximum atomic E-state index is 12.7. The molecular formula is C23H26BrNO2. The Morgan fingerprint density at radius 3 is 2.44 bits per heavy atom. The van der Waals surface area contributed by atoms with E-state index in [-0.39, 0.29) is 11.7 Å². The van der Waals surface area contributed by atoms with E-state index in [1.165, 1.54) is 31.5 Å². The summed E-state index contributed by atoms with van der Waals surface area (Å²) in [5, 5.41) is 0. The van der Waals surface area contributed by atoms with Crippen LogP contribution < -0.4 is 4.74 Å². The lowest BCUT2D eigenvalue weighted by Crippen LogP contribution is -2.21. The highest BCUT2D eigenvalue weighted by molar-refractivity contribution is 9.10. The van der Waals surface area contributed by atoms with Crippen LogP contribution in [0.5, 0.6) is 5.75 Å². The number of halogens is 1. The summed E-state index contributed by atoms with van der Waals surface area (Å²) in [6, 6.07) is 16.0. The van der Waals surface area contributed by atoms with Gasteiger partial charge in [0.25, 0.3) is 0 Å². The van der Waals surface area contributed by atoms with Gasteiger partial charge in [0.15, 0.2) is 5.78 Å². The Labute approximate surface area is 169 Å². The summed E-state index contributed by atoms with van der Waals surface area (Å²) >= 11 is 3.46. The number of rotatable bonds is 8. The number of benzene rings is 2. The molecule has 2 aliphatic rings. The van der Waals surface area contributed by atoms with Crippen molar-refractivity contribution in [1.29, 1.82) is 0 Å². The van der Waals surface area contributed by atoms with E-state index in [0.717, 1.165) is 41.8 Å². The number of ether oxygens (including phenoxy) is 1. The topological polar surface area (TPSA) is 29.5 Å². The molecule has 1 heterocycles. The molecular weight excluding hydrogens is 402 g/mol. The minimum Gasteiger partial charge on any atom is -0.494 e. The molecule has 27 heavy (non-hydrogen) atoms. The zero-order chi connectivity index (χ0) is 18.6. The molecule has 4 heteroatoms. The Hall–Kier alpha value is -1.65. The summed E-state index contributed by atoms with van der Waals surface area (Å²) < 4.78 is 6.91. The van der Waals surface area contributed by atoms with E-state index in [0.29, 0.717) is 5.92 Å². The van der Waals surface area contributed by atoms with Crippen molar-refractivity contribution >= 4 is 21.7 Å². The van der Waals surface area contributed by atoms with Crippen molar-refractivity contribution in [3.63, 3.8) is 0 Å². The van der Waals surface area contributed by atoms with Crippen molar-refractivity contribution < 1.29 is 9.53 Å². The summed E-state index contributed by atoms with van der Waals surface area (Å²) in [5.74, 6) is 1.60. The lowest BCUT2D eigenvalue weighted by Gasteiger charge is -2.14. The van der Waals surface area contributed by atoms with Crippen LogP contribution in [-0.2, 0) is 0 Å². The molecule has 4 rings (SSSR count). The molecule has 2 aromatic rings. The number of carbonyl (C=O) groups excluding carboxylic acids is 1. The molecule has 2 fully saturated rings. The minimum atomic E-state index is 0.124. The van der Waals surface area contributed by atoms with Crippen LogP contribution in [0.15, 0.2) is 53.0 Å². The molecule has 2 atom stereocenters. The normalized spacial score (nSPS) is 22.0.